The second-order valence-electron chi connectivity index (χ2n) is 6.46. The predicted octanol–water partition coefficient (Wildman–Crippen LogP) is 2.98. The van der Waals surface area contributed by atoms with Gasteiger partial charge in [0.25, 0.3) is 0 Å². The van der Waals surface area contributed by atoms with Gasteiger partial charge in [-0.1, -0.05) is 19.3 Å². The lowest BCUT2D eigenvalue weighted by Gasteiger charge is -2.35. The molecule has 20 heavy (non-hydrogen) atoms. The van der Waals surface area contributed by atoms with E-state index in [2.05, 4.69) is 0 Å². The highest BCUT2D eigenvalue weighted by Crippen LogP contribution is 2.30. The van der Waals surface area contributed by atoms with Crippen LogP contribution in [-0.4, -0.2) is 42.8 Å². The average Bonchev–Trinajstić information content (AvgIpc) is 2.37. The quantitative estimate of drug-likeness (QED) is 0.748. The number of hydrogen-bond acceptors (Lipinski definition) is 4. The highest BCUT2D eigenvalue weighted by Gasteiger charge is 2.37. The van der Waals surface area contributed by atoms with Crippen molar-refractivity contribution in [3.8, 4) is 0 Å². The van der Waals surface area contributed by atoms with Crippen molar-refractivity contribution in [2.75, 3.05) is 14.2 Å². The van der Waals surface area contributed by atoms with Crippen molar-refractivity contribution in [3.63, 3.8) is 0 Å². The number of amides is 1. The van der Waals surface area contributed by atoms with Gasteiger partial charge in [0.2, 0.25) is 0 Å². The lowest BCUT2D eigenvalue weighted by atomic mass is 9.83. The summed E-state index contributed by atoms with van der Waals surface area (Å²) in [6.07, 6.45) is 4.82. The Kier molecular flexibility index (Phi) is 5.84. The third kappa shape index (κ3) is 4.69. The van der Waals surface area contributed by atoms with Crippen molar-refractivity contribution in [2.24, 2.45) is 5.92 Å². The van der Waals surface area contributed by atoms with E-state index in [9.17, 15) is 9.59 Å². The Morgan fingerprint density at radius 1 is 1.15 bits per heavy atom. The molecular formula is C15H27NO4. The van der Waals surface area contributed by atoms with Gasteiger partial charge in [0, 0.05) is 7.05 Å². The van der Waals surface area contributed by atoms with Crippen LogP contribution in [0.5, 0.6) is 0 Å². The van der Waals surface area contributed by atoms with Gasteiger partial charge in [-0.25, -0.2) is 9.59 Å². The number of hydrogen-bond donors (Lipinski definition) is 0. The van der Waals surface area contributed by atoms with Crippen molar-refractivity contribution in [1.82, 2.24) is 4.90 Å². The minimum atomic E-state index is -0.571. The first-order valence-corrected chi connectivity index (χ1v) is 7.30. The van der Waals surface area contributed by atoms with Crippen molar-refractivity contribution in [3.05, 3.63) is 0 Å². The summed E-state index contributed by atoms with van der Waals surface area (Å²) in [5.41, 5.74) is -0.571. The number of carbonyl (C=O) groups is 2. The summed E-state index contributed by atoms with van der Waals surface area (Å²) in [5, 5.41) is 0. The van der Waals surface area contributed by atoms with Crippen LogP contribution >= 0.6 is 0 Å². The maximum Gasteiger partial charge on any atom is 0.410 e. The van der Waals surface area contributed by atoms with Crippen molar-refractivity contribution >= 4 is 12.1 Å². The highest BCUT2D eigenvalue weighted by atomic mass is 16.6. The molecule has 1 aliphatic carbocycles. The summed E-state index contributed by atoms with van der Waals surface area (Å²) in [6, 6.07) is -0.546. The number of rotatable bonds is 3. The van der Waals surface area contributed by atoms with E-state index in [1.54, 1.807) is 7.05 Å². The summed E-state index contributed by atoms with van der Waals surface area (Å²) in [5.74, 6) is -0.195. The van der Waals surface area contributed by atoms with Crippen molar-refractivity contribution in [2.45, 2.75) is 64.5 Å². The fourth-order valence-electron chi connectivity index (χ4n) is 2.68. The summed E-state index contributed by atoms with van der Waals surface area (Å²) < 4.78 is 10.2. The van der Waals surface area contributed by atoms with Crippen molar-refractivity contribution < 1.29 is 19.1 Å². The fourth-order valence-corrected chi connectivity index (χ4v) is 2.68. The van der Waals surface area contributed by atoms with E-state index in [0.29, 0.717) is 0 Å². The Labute approximate surface area is 121 Å². The van der Waals surface area contributed by atoms with Crippen LogP contribution in [0.4, 0.5) is 4.79 Å². The maximum absolute atomic E-state index is 12.2. The molecule has 116 valence electrons. The Bertz CT molecular complexity index is 342. The van der Waals surface area contributed by atoms with Crippen LogP contribution in [0.2, 0.25) is 0 Å². The molecule has 0 aromatic heterocycles. The molecule has 0 N–H and O–H groups in total. The van der Waals surface area contributed by atoms with Crippen LogP contribution in [0.1, 0.15) is 52.9 Å². The average molecular weight is 285 g/mol. The monoisotopic (exact) mass is 285 g/mol. The van der Waals surface area contributed by atoms with Crippen LogP contribution in [0.25, 0.3) is 0 Å². The largest absolute Gasteiger partial charge is 0.467 e. The Morgan fingerprint density at radius 3 is 2.15 bits per heavy atom. The van der Waals surface area contributed by atoms with Gasteiger partial charge in [0.05, 0.1) is 7.11 Å². The maximum atomic E-state index is 12.2. The highest BCUT2D eigenvalue weighted by molar-refractivity contribution is 5.81. The molecule has 0 bridgehead atoms. The Hall–Kier alpha value is -1.26. The third-order valence-corrected chi connectivity index (χ3v) is 3.64. The number of esters is 1. The Morgan fingerprint density at radius 2 is 1.70 bits per heavy atom. The van der Waals surface area contributed by atoms with E-state index < -0.39 is 17.7 Å². The van der Waals surface area contributed by atoms with Gasteiger partial charge in [-0.3, -0.25) is 4.90 Å². The minimum Gasteiger partial charge on any atom is -0.467 e. The van der Waals surface area contributed by atoms with Crippen molar-refractivity contribution in [1.29, 1.82) is 0 Å². The summed E-state index contributed by atoms with van der Waals surface area (Å²) >= 11 is 0. The van der Waals surface area contributed by atoms with Crippen LogP contribution in [-0.2, 0) is 14.3 Å². The second kappa shape index (κ2) is 6.95. The number of likely N-dealkylation sites (N-methyl/N-ethyl adjacent to an activating group) is 1. The van der Waals surface area contributed by atoms with E-state index >= 15 is 0 Å². The van der Waals surface area contributed by atoms with Gasteiger partial charge < -0.3 is 9.47 Å². The van der Waals surface area contributed by atoms with Crippen LogP contribution < -0.4 is 0 Å². The molecule has 0 saturated heterocycles. The first-order valence-electron chi connectivity index (χ1n) is 7.30. The molecule has 0 unspecified atom stereocenters. The molecule has 5 nitrogen and oxygen atoms in total. The molecule has 0 heterocycles. The normalized spacial score (nSPS) is 18.2. The zero-order valence-electron chi connectivity index (χ0n) is 13.3. The molecule has 0 aromatic carbocycles. The molecule has 1 fully saturated rings. The smallest absolute Gasteiger partial charge is 0.410 e. The lowest BCUT2D eigenvalue weighted by molar-refractivity contribution is -0.149. The summed E-state index contributed by atoms with van der Waals surface area (Å²) in [7, 11) is 2.98. The molecule has 1 saturated carbocycles. The number of ether oxygens (including phenoxy) is 2. The molecule has 5 heteroatoms. The van der Waals surface area contributed by atoms with Gasteiger partial charge >= 0.3 is 12.1 Å². The standard InChI is InChI=1S/C15H27NO4/c1-15(2,3)20-14(18)16(4)12(13(17)19-5)11-9-7-6-8-10-11/h11-12H,6-10H2,1-5H3/t12-/m0/s1. The SMILES string of the molecule is COC(=O)[C@H](C1CCCCC1)N(C)C(=O)OC(C)(C)C. The molecule has 1 rings (SSSR count). The number of nitrogens with zero attached hydrogens (tertiary/aromatic N) is 1. The lowest BCUT2D eigenvalue weighted by Crippen LogP contribution is -2.49. The predicted molar refractivity (Wildman–Crippen MR) is 76.4 cm³/mol. The van der Waals surface area contributed by atoms with E-state index in [0.717, 1.165) is 25.7 Å². The fraction of sp³-hybridized carbons (Fsp3) is 0.867. The number of carbonyl (C=O) groups excluding carboxylic acids is 2. The van der Waals surface area contributed by atoms with Gasteiger partial charge in [-0.05, 0) is 39.5 Å². The zero-order valence-corrected chi connectivity index (χ0v) is 13.3. The summed E-state index contributed by atoms with van der Waals surface area (Å²) in [6.45, 7) is 5.44. The van der Waals surface area contributed by atoms with E-state index in [1.807, 2.05) is 20.8 Å². The topological polar surface area (TPSA) is 55.8 Å². The zero-order chi connectivity index (χ0) is 15.3. The summed E-state index contributed by atoms with van der Waals surface area (Å²) in [4.78, 5) is 25.6. The minimum absolute atomic E-state index is 0.161. The first kappa shape index (κ1) is 16.8. The van der Waals surface area contributed by atoms with Gasteiger partial charge in [0.1, 0.15) is 11.6 Å². The molecule has 0 aromatic rings. The molecular weight excluding hydrogens is 258 g/mol. The van der Waals surface area contributed by atoms with E-state index in [4.69, 9.17) is 9.47 Å². The molecule has 0 aliphatic heterocycles. The molecule has 1 amide bonds. The van der Waals surface area contributed by atoms with Crippen LogP contribution in [0.3, 0.4) is 0 Å². The van der Waals surface area contributed by atoms with Gasteiger partial charge in [0.15, 0.2) is 0 Å². The number of methoxy groups -OCH3 is 1. The van der Waals surface area contributed by atoms with Gasteiger partial charge in [-0.15, -0.1) is 0 Å². The van der Waals surface area contributed by atoms with E-state index in [-0.39, 0.29) is 11.9 Å². The third-order valence-electron chi connectivity index (χ3n) is 3.64. The second-order valence-corrected chi connectivity index (χ2v) is 6.46. The van der Waals surface area contributed by atoms with E-state index in [1.165, 1.54) is 18.4 Å². The Balaban J connectivity index is 2.81. The molecule has 1 atom stereocenters. The molecule has 0 radical (unpaired) electrons. The van der Waals surface area contributed by atoms with Gasteiger partial charge in [-0.2, -0.15) is 0 Å². The molecule has 1 aliphatic rings. The first-order chi connectivity index (χ1) is 9.26. The molecule has 0 spiro atoms. The van der Waals surface area contributed by atoms with Crippen LogP contribution in [0.15, 0.2) is 0 Å². The van der Waals surface area contributed by atoms with Crippen LogP contribution in [0, 0.1) is 5.92 Å².